The number of imidazole rings is 1. The van der Waals surface area contributed by atoms with Crippen molar-refractivity contribution >= 4 is 17.4 Å². The first-order chi connectivity index (χ1) is 19.3. The molecule has 0 saturated heterocycles. The van der Waals surface area contributed by atoms with Crippen molar-refractivity contribution in [3.05, 3.63) is 89.3 Å². The zero-order chi connectivity index (χ0) is 28.7. The van der Waals surface area contributed by atoms with Gasteiger partial charge in [0.1, 0.15) is 29.5 Å². The topological polar surface area (TPSA) is 116 Å². The molecule has 0 spiro atoms. The average molecular weight is 570 g/mol. The van der Waals surface area contributed by atoms with Gasteiger partial charge in [-0.2, -0.15) is 0 Å². The van der Waals surface area contributed by atoms with Crippen LogP contribution >= 0.6 is 11.6 Å². The van der Waals surface area contributed by atoms with E-state index in [0.29, 0.717) is 34.1 Å². The number of carbonyl (C=O) groups is 1. The van der Waals surface area contributed by atoms with Gasteiger partial charge in [-0.25, -0.2) is 14.4 Å². The lowest BCUT2D eigenvalue weighted by molar-refractivity contribution is 0.00420. The number of aliphatic hydroxyl groups excluding tert-OH is 1. The van der Waals surface area contributed by atoms with Gasteiger partial charge in [-0.15, -0.1) is 0 Å². The minimum atomic E-state index is -1.59. The fourth-order valence-corrected chi connectivity index (χ4v) is 4.45. The van der Waals surface area contributed by atoms with Gasteiger partial charge in [-0.3, -0.25) is 4.79 Å². The Labute approximate surface area is 235 Å². The summed E-state index contributed by atoms with van der Waals surface area (Å²) in [6.07, 6.45) is 4.86. The number of rotatable bonds is 13. The van der Waals surface area contributed by atoms with Crippen LogP contribution in [0.5, 0.6) is 17.2 Å². The lowest BCUT2D eigenvalue weighted by Gasteiger charge is -2.29. The molecule has 4 rings (SSSR count). The Morgan fingerprint density at radius 2 is 1.85 bits per heavy atom. The normalized spacial score (nSPS) is 12.6. The molecule has 40 heavy (non-hydrogen) atoms. The summed E-state index contributed by atoms with van der Waals surface area (Å²) in [4.78, 5) is 22.0. The predicted octanol–water partition coefficient (Wildman–Crippen LogP) is 4.68. The molecule has 2 aromatic heterocycles. The van der Waals surface area contributed by atoms with Crippen molar-refractivity contribution < 1.29 is 33.6 Å². The number of halogens is 2. The van der Waals surface area contributed by atoms with E-state index < -0.39 is 11.4 Å². The number of hydrogen-bond acceptors (Lipinski definition) is 8. The van der Waals surface area contributed by atoms with E-state index >= 15 is 0 Å². The number of ketones is 1. The molecule has 2 N–H and O–H groups in total. The summed E-state index contributed by atoms with van der Waals surface area (Å²) >= 11 is 6.01. The molecule has 0 radical (unpaired) electrons. The number of nitrogens with zero attached hydrogens (tertiary/aromatic N) is 3. The largest absolute Gasteiger partial charge is 0.494 e. The Morgan fingerprint density at radius 1 is 1.07 bits per heavy atom. The van der Waals surface area contributed by atoms with Crippen molar-refractivity contribution in [1.82, 2.24) is 14.5 Å². The van der Waals surface area contributed by atoms with Crippen LogP contribution in [0.4, 0.5) is 4.39 Å². The van der Waals surface area contributed by atoms with Crippen molar-refractivity contribution in [2.24, 2.45) is 0 Å². The Kier molecular flexibility index (Phi) is 9.36. The number of aromatic nitrogens is 3. The third kappa shape index (κ3) is 6.59. The summed E-state index contributed by atoms with van der Waals surface area (Å²) in [7, 11) is 2.94. The number of aliphatic hydroxyl groups is 2. The SMILES string of the molecule is COc1cc(C(=O)CCC(O)(Cn2ccnc2)c2ccc(OC)c(-c3ccc(F)c(Cl)c3)n2)ccc1OCCO. The molecule has 0 bridgehead atoms. The van der Waals surface area contributed by atoms with Crippen molar-refractivity contribution in [3.63, 3.8) is 0 Å². The molecule has 210 valence electrons. The van der Waals surface area contributed by atoms with Gasteiger partial charge in [0, 0.05) is 29.9 Å². The zero-order valence-corrected chi connectivity index (χ0v) is 22.8. The van der Waals surface area contributed by atoms with E-state index in [4.69, 9.17) is 35.9 Å². The van der Waals surface area contributed by atoms with Gasteiger partial charge in [0.05, 0.1) is 44.4 Å². The van der Waals surface area contributed by atoms with Gasteiger partial charge in [0.25, 0.3) is 0 Å². The van der Waals surface area contributed by atoms with Crippen LogP contribution in [0.25, 0.3) is 11.3 Å². The van der Waals surface area contributed by atoms with Gasteiger partial charge in [0.2, 0.25) is 0 Å². The Bertz CT molecular complexity index is 1470. The molecule has 4 aromatic rings. The first kappa shape index (κ1) is 29.0. The molecule has 1 unspecified atom stereocenters. The monoisotopic (exact) mass is 569 g/mol. The lowest BCUT2D eigenvalue weighted by atomic mass is 9.90. The Hall–Kier alpha value is -3.99. The molecule has 9 nitrogen and oxygen atoms in total. The van der Waals surface area contributed by atoms with Crippen LogP contribution < -0.4 is 14.2 Å². The van der Waals surface area contributed by atoms with Gasteiger partial charge >= 0.3 is 0 Å². The number of benzene rings is 2. The summed E-state index contributed by atoms with van der Waals surface area (Å²) in [5, 5.41) is 20.9. The van der Waals surface area contributed by atoms with Crippen molar-refractivity contribution in [3.8, 4) is 28.5 Å². The zero-order valence-electron chi connectivity index (χ0n) is 22.0. The second kappa shape index (κ2) is 12.9. The summed E-state index contributed by atoms with van der Waals surface area (Å²) in [6.45, 7) is 0.00103. The maximum Gasteiger partial charge on any atom is 0.163 e. The maximum atomic E-state index is 13.8. The van der Waals surface area contributed by atoms with Gasteiger partial charge in [-0.1, -0.05) is 11.6 Å². The first-order valence-corrected chi connectivity index (χ1v) is 12.8. The van der Waals surface area contributed by atoms with E-state index in [1.54, 1.807) is 53.6 Å². The molecule has 0 fully saturated rings. The van der Waals surface area contributed by atoms with Crippen LogP contribution in [-0.4, -0.2) is 58.0 Å². The number of Topliss-reactive ketones (excluding diaryl/α,β-unsaturated/α-hetero) is 1. The smallest absolute Gasteiger partial charge is 0.163 e. The highest BCUT2D eigenvalue weighted by Gasteiger charge is 2.33. The number of methoxy groups -OCH3 is 2. The van der Waals surface area contributed by atoms with Crippen LogP contribution in [0.15, 0.2) is 67.3 Å². The molecule has 1 atom stereocenters. The summed E-state index contributed by atoms with van der Waals surface area (Å²) in [6, 6.07) is 12.2. The molecule has 11 heteroatoms. The van der Waals surface area contributed by atoms with Crippen LogP contribution in [0.3, 0.4) is 0 Å². The predicted molar refractivity (Wildman–Crippen MR) is 146 cm³/mol. The van der Waals surface area contributed by atoms with Crippen LogP contribution in [0, 0.1) is 5.82 Å². The number of carbonyl (C=O) groups excluding carboxylic acids is 1. The summed E-state index contributed by atoms with van der Waals surface area (Å²) in [5.74, 6) is 0.367. The molecule has 0 aliphatic carbocycles. The molecule has 0 aliphatic rings. The average Bonchev–Trinajstić information content (AvgIpc) is 3.48. The molecular formula is C29H29ClFN3O6. The third-order valence-corrected chi connectivity index (χ3v) is 6.64. The van der Waals surface area contributed by atoms with E-state index in [-0.39, 0.29) is 49.1 Å². The second-order valence-corrected chi connectivity index (χ2v) is 9.41. The fourth-order valence-electron chi connectivity index (χ4n) is 4.27. The van der Waals surface area contributed by atoms with Crippen molar-refractivity contribution in [2.75, 3.05) is 27.4 Å². The highest BCUT2D eigenvalue weighted by Crippen LogP contribution is 2.36. The van der Waals surface area contributed by atoms with Crippen LogP contribution in [0.2, 0.25) is 5.02 Å². The molecule has 0 aliphatic heterocycles. The lowest BCUT2D eigenvalue weighted by Crippen LogP contribution is -2.33. The third-order valence-electron chi connectivity index (χ3n) is 6.35. The number of hydrogen-bond donors (Lipinski definition) is 2. The van der Waals surface area contributed by atoms with Crippen molar-refractivity contribution in [1.29, 1.82) is 0 Å². The molecule has 2 aromatic carbocycles. The van der Waals surface area contributed by atoms with Crippen LogP contribution in [-0.2, 0) is 12.1 Å². The van der Waals surface area contributed by atoms with E-state index in [2.05, 4.69) is 4.98 Å². The first-order valence-electron chi connectivity index (χ1n) is 12.4. The highest BCUT2D eigenvalue weighted by atomic mass is 35.5. The van der Waals surface area contributed by atoms with E-state index in [1.807, 2.05) is 0 Å². The van der Waals surface area contributed by atoms with Gasteiger partial charge in [0.15, 0.2) is 17.3 Å². The van der Waals surface area contributed by atoms with Crippen molar-refractivity contribution in [2.45, 2.75) is 25.0 Å². The summed E-state index contributed by atoms with van der Waals surface area (Å²) < 4.78 is 31.8. The molecular weight excluding hydrogens is 541 g/mol. The van der Waals surface area contributed by atoms with Gasteiger partial charge in [-0.05, 0) is 55.0 Å². The van der Waals surface area contributed by atoms with Crippen LogP contribution in [0.1, 0.15) is 28.9 Å². The highest BCUT2D eigenvalue weighted by molar-refractivity contribution is 6.31. The standard InChI is InChI=1S/C29H29ClFN3O6/c1-38-25-7-8-27(33-28(25)20-3-5-22(31)21(30)15-20)29(37,17-34-12-11-32-18-34)10-9-23(36)19-4-6-24(40-14-13-35)26(16-19)39-2/h3-8,11-12,15-16,18,35,37H,9-10,13-14,17H2,1-2H3. The molecule has 2 heterocycles. The number of ether oxygens (including phenoxy) is 3. The molecule has 0 amide bonds. The minimum absolute atomic E-state index is 0.0172. The second-order valence-electron chi connectivity index (χ2n) is 9.00. The van der Waals surface area contributed by atoms with E-state index in [9.17, 15) is 14.3 Å². The van der Waals surface area contributed by atoms with E-state index in [1.165, 1.54) is 32.4 Å². The maximum absolute atomic E-state index is 13.8. The minimum Gasteiger partial charge on any atom is -0.494 e. The Balaban J connectivity index is 1.65. The summed E-state index contributed by atoms with van der Waals surface area (Å²) in [5.41, 5.74) is -0.0597. The fraction of sp³-hybridized carbons (Fsp3) is 0.276. The number of pyridine rings is 1. The molecule has 0 saturated carbocycles. The van der Waals surface area contributed by atoms with E-state index in [0.717, 1.165) is 0 Å². The quantitative estimate of drug-likeness (QED) is 0.223. The van der Waals surface area contributed by atoms with Gasteiger partial charge < -0.3 is 29.0 Å². The Morgan fingerprint density at radius 3 is 2.52 bits per heavy atom.